The minimum Gasteiger partial charge on any atom is -0.489 e. The maximum absolute atomic E-state index is 14.1. The average molecular weight is 1130 g/mol. The van der Waals surface area contributed by atoms with Crippen LogP contribution in [0.2, 0.25) is 5.02 Å². The molecule has 0 unspecified atom stereocenters. The number of thiazole rings is 1. The number of nitrogens with zero attached hydrogens (tertiary/aromatic N) is 5. The number of ether oxygens (including phenoxy) is 3. The van der Waals surface area contributed by atoms with Crippen molar-refractivity contribution in [2.45, 2.75) is 123 Å². The van der Waals surface area contributed by atoms with Gasteiger partial charge in [-0.1, -0.05) is 74.8 Å². The molecule has 3 aromatic carbocycles. The van der Waals surface area contributed by atoms with Crippen molar-refractivity contribution in [3.8, 4) is 16.2 Å². The number of rotatable bonds is 22. The summed E-state index contributed by atoms with van der Waals surface area (Å²) in [5, 5.41) is 23.1. The third-order valence-corrected chi connectivity index (χ3v) is 16.3. The smallest absolute Gasteiger partial charge is 0.248 e. The first kappa shape index (κ1) is 59.4. The zero-order valence-electron chi connectivity index (χ0n) is 45.7. The second-order valence-corrected chi connectivity index (χ2v) is 24.5. The lowest BCUT2D eigenvalue weighted by Gasteiger charge is -2.35. The number of hydrogen-bond acceptors (Lipinski definition) is 16. The number of anilines is 4. The molecule has 0 radical (unpaired) electrons. The summed E-state index contributed by atoms with van der Waals surface area (Å²) < 4.78 is 40.7. The summed E-state index contributed by atoms with van der Waals surface area (Å²) in [5.41, 5.74) is 7.80. The van der Waals surface area contributed by atoms with Gasteiger partial charge in [-0.3, -0.25) is 19.2 Å². The van der Waals surface area contributed by atoms with Gasteiger partial charge in [0.2, 0.25) is 29.6 Å². The molecule has 7 rings (SSSR count). The second kappa shape index (κ2) is 26.2. The first-order chi connectivity index (χ1) is 37.0. The van der Waals surface area contributed by atoms with Crippen molar-refractivity contribution in [1.29, 1.82) is 0 Å². The molecule has 4 amide bonds. The molecule has 2 aliphatic heterocycles. The van der Waals surface area contributed by atoms with Gasteiger partial charge in [-0.25, -0.2) is 18.4 Å². The van der Waals surface area contributed by atoms with Crippen molar-refractivity contribution >= 4 is 80.4 Å². The van der Waals surface area contributed by atoms with Crippen LogP contribution in [0.3, 0.4) is 0 Å². The molecule has 420 valence electrons. The van der Waals surface area contributed by atoms with E-state index in [2.05, 4.69) is 36.2 Å². The Labute approximate surface area is 467 Å². The van der Waals surface area contributed by atoms with Crippen molar-refractivity contribution < 1.29 is 46.9 Å². The monoisotopic (exact) mass is 1130 g/mol. The van der Waals surface area contributed by atoms with Gasteiger partial charge in [0.05, 0.1) is 58.1 Å². The Morgan fingerprint density at radius 3 is 2.26 bits per heavy atom. The number of halogens is 1. The van der Waals surface area contributed by atoms with Gasteiger partial charge >= 0.3 is 0 Å². The molecule has 2 aliphatic rings. The molecule has 22 heteroatoms. The standard InChI is InChI=1S/C56H72ClN9O10S2/c1-33(2)76-46-26-40(34(3)24-44(46)62-54-59-28-42(57)51(64-54)61-43-13-11-10-12-41(43)56(8,9)78(72)73)37-18-20-65(21-19-37)48(69)31-75-23-22-74-30-47(68)63-50(55(5,6)7)53(71)66-29-39(67)25-45(66)52(70)58-27-36-14-16-38(17-15-36)49-35(4)60-32-77-49/h10-17,24,26,28,32-33,37,39,45,50,67,78H,18-23,25,27,29-31H2,1-9H3,(H,58,70)(H,63,68)(H2,59,61,62,64)/t39-,45+,50-/m1/s1. The summed E-state index contributed by atoms with van der Waals surface area (Å²) in [4.78, 5) is 71.6. The summed E-state index contributed by atoms with van der Waals surface area (Å²) in [5.74, 6) is -0.270. The zero-order valence-corrected chi connectivity index (χ0v) is 48.2. The van der Waals surface area contributed by atoms with Gasteiger partial charge in [0.1, 0.15) is 46.8 Å². The number of benzene rings is 3. The molecule has 3 atom stereocenters. The van der Waals surface area contributed by atoms with Crippen molar-refractivity contribution in [2.75, 3.05) is 56.7 Å². The molecule has 5 N–H and O–H groups in total. The van der Waals surface area contributed by atoms with Gasteiger partial charge in [0, 0.05) is 38.3 Å². The van der Waals surface area contributed by atoms with E-state index >= 15 is 0 Å². The lowest BCUT2D eigenvalue weighted by Crippen LogP contribution is -2.58. The molecule has 2 fully saturated rings. The van der Waals surface area contributed by atoms with E-state index in [9.17, 15) is 32.7 Å². The number of para-hydroxylation sites is 1. The van der Waals surface area contributed by atoms with Crippen LogP contribution < -0.4 is 26.0 Å². The fraction of sp³-hybridized carbons (Fsp3) is 0.482. The van der Waals surface area contributed by atoms with Crippen LogP contribution in [0, 0.1) is 19.3 Å². The zero-order chi connectivity index (χ0) is 56.5. The molecular weight excluding hydrogens is 1060 g/mol. The maximum Gasteiger partial charge on any atom is 0.248 e. The fourth-order valence-electron chi connectivity index (χ4n) is 9.54. The number of hydrogen-bond donors (Lipinski definition) is 6. The van der Waals surface area contributed by atoms with Crippen LogP contribution in [-0.4, -0.2) is 132 Å². The van der Waals surface area contributed by atoms with Crippen LogP contribution in [0.15, 0.2) is 72.4 Å². The Hall–Kier alpha value is -6.23. The van der Waals surface area contributed by atoms with Crippen molar-refractivity contribution in [2.24, 2.45) is 5.41 Å². The first-order valence-electron chi connectivity index (χ1n) is 26.1. The number of carbonyl (C=O) groups is 4. The predicted molar refractivity (Wildman–Crippen MR) is 302 cm³/mol. The summed E-state index contributed by atoms with van der Waals surface area (Å²) in [6, 6.07) is 17.0. The van der Waals surface area contributed by atoms with Crippen LogP contribution >= 0.6 is 22.9 Å². The Morgan fingerprint density at radius 2 is 1.60 bits per heavy atom. The number of nitrogens with one attached hydrogen (secondary N) is 4. The lowest BCUT2D eigenvalue weighted by molar-refractivity contribution is -0.144. The van der Waals surface area contributed by atoms with E-state index in [0.29, 0.717) is 35.8 Å². The lowest BCUT2D eigenvalue weighted by atomic mass is 9.85. The van der Waals surface area contributed by atoms with Crippen LogP contribution in [0.1, 0.15) is 102 Å². The Kier molecular flexibility index (Phi) is 19.9. The van der Waals surface area contributed by atoms with Gasteiger partial charge in [0.25, 0.3) is 0 Å². The van der Waals surface area contributed by atoms with Crippen molar-refractivity contribution in [3.05, 3.63) is 105 Å². The van der Waals surface area contributed by atoms with E-state index < -0.39 is 56.8 Å². The molecule has 19 nitrogen and oxygen atoms in total. The predicted octanol–water partition coefficient (Wildman–Crippen LogP) is 7.54. The van der Waals surface area contributed by atoms with Crippen molar-refractivity contribution in [3.63, 3.8) is 0 Å². The van der Waals surface area contributed by atoms with Crippen molar-refractivity contribution in [1.82, 2.24) is 35.4 Å². The van der Waals surface area contributed by atoms with E-state index in [1.54, 1.807) is 59.9 Å². The number of aliphatic hydroxyl groups is 1. The van der Waals surface area contributed by atoms with E-state index in [1.807, 2.05) is 84.9 Å². The molecule has 4 heterocycles. The summed E-state index contributed by atoms with van der Waals surface area (Å²) >= 11 is 8.11. The third kappa shape index (κ3) is 15.1. The summed E-state index contributed by atoms with van der Waals surface area (Å²) in [6.45, 7) is 17.4. The number of thiol groups is 1. The number of likely N-dealkylation sites (tertiary alicyclic amines) is 2. The number of aromatic nitrogens is 3. The minimum absolute atomic E-state index is 0.0269. The highest BCUT2D eigenvalue weighted by atomic mass is 35.5. The number of carbonyl (C=O) groups excluding carboxylic acids is 4. The SMILES string of the molecule is Cc1cc(Nc2ncc(Cl)c(Nc3ccccc3C(C)(C)[SH](=O)=O)n2)c(OC(C)C)cc1C1CCN(C(=O)COCCOCC(=O)N[C@H](C(=O)N2C[C@H](O)C[C@H]2C(=O)NCc2ccc(-c3scnc3C)cc2)C(C)(C)C)CC1. The first-order valence-corrected chi connectivity index (χ1v) is 28.5. The van der Waals surface area contributed by atoms with Gasteiger partial charge in [-0.15, -0.1) is 11.3 Å². The van der Waals surface area contributed by atoms with Crippen LogP contribution in [0.25, 0.3) is 10.4 Å². The molecule has 0 saturated carbocycles. The molecule has 0 bridgehead atoms. The topological polar surface area (TPSA) is 244 Å². The fourth-order valence-corrected chi connectivity index (χ4v) is 10.9. The minimum atomic E-state index is -2.79. The molecule has 0 spiro atoms. The number of aliphatic hydroxyl groups excluding tert-OH is 1. The second-order valence-electron chi connectivity index (χ2n) is 21.6. The van der Waals surface area contributed by atoms with E-state index in [-0.39, 0.29) is 80.7 Å². The number of β-amino-alcohol motifs (C(OH)–C–C–N with tert-alkyl or cyclic N) is 1. The van der Waals surface area contributed by atoms with Crippen LogP contribution in [0.5, 0.6) is 5.75 Å². The molecule has 2 saturated heterocycles. The van der Waals surface area contributed by atoms with E-state index in [0.717, 1.165) is 45.7 Å². The largest absolute Gasteiger partial charge is 0.489 e. The summed E-state index contributed by atoms with van der Waals surface area (Å²) in [6.07, 6.45) is 1.93. The molecular formula is C56H72ClN9O10S2. The molecule has 5 aromatic rings. The number of amides is 4. The third-order valence-electron chi connectivity index (χ3n) is 13.8. The molecule has 78 heavy (non-hydrogen) atoms. The van der Waals surface area contributed by atoms with Crippen LogP contribution in [0.4, 0.5) is 23.1 Å². The molecule has 0 aliphatic carbocycles. The van der Waals surface area contributed by atoms with E-state index in [4.69, 9.17) is 25.8 Å². The highest BCUT2D eigenvalue weighted by molar-refractivity contribution is 7.73. The van der Waals surface area contributed by atoms with Gasteiger partial charge in [0.15, 0.2) is 5.82 Å². The highest BCUT2D eigenvalue weighted by Gasteiger charge is 2.44. The van der Waals surface area contributed by atoms with Crippen LogP contribution in [-0.2, 0) is 50.6 Å². The average Bonchev–Trinajstić information content (AvgIpc) is 4.02. The Morgan fingerprint density at radius 1 is 0.910 bits per heavy atom. The Bertz CT molecular complexity index is 3000. The maximum atomic E-state index is 14.1. The van der Waals surface area contributed by atoms with Gasteiger partial charge in [-0.05, 0) is 112 Å². The van der Waals surface area contributed by atoms with Gasteiger partial charge < -0.3 is 50.4 Å². The Balaban J connectivity index is 0.853. The number of aryl methyl sites for hydroxylation is 2. The van der Waals surface area contributed by atoms with E-state index in [1.165, 1.54) is 11.1 Å². The normalized spacial score (nSPS) is 16.6. The molecule has 2 aromatic heterocycles. The summed E-state index contributed by atoms with van der Waals surface area (Å²) in [7, 11) is -2.79. The van der Waals surface area contributed by atoms with Gasteiger partial charge in [-0.2, -0.15) is 4.98 Å². The number of piperidine rings is 1. The quantitative estimate of drug-likeness (QED) is 0.0290. The highest BCUT2D eigenvalue weighted by Crippen LogP contribution is 2.39.